The van der Waals surface area contributed by atoms with Gasteiger partial charge in [-0.25, -0.2) is 0 Å². The van der Waals surface area contributed by atoms with E-state index in [9.17, 15) is 0 Å². The number of furan rings is 1. The van der Waals surface area contributed by atoms with Gasteiger partial charge in [0.05, 0.1) is 11.1 Å². The summed E-state index contributed by atoms with van der Waals surface area (Å²) < 4.78 is 6.09. The van der Waals surface area contributed by atoms with E-state index in [1.54, 1.807) is 0 Å². The summed E-state index contributed by atoms with van der Waals surface area (Å²) in [6, 6.07) is 35.4. The van der Waals surface area contributed by atoms with Crippen LogP contribution in [0.25, 0.3) is 21.9 Å². The van der Waals surface area contributed by atoms with Gasteiger partial charge in [0.25, 0.3) is 0 Å². The molecule has 0 spiro atoms. The Bertz CT molecular complexity index is 1140. The fourth-order valence-corrected chi connectivity index (χ4v) is 3.52. The zero-order valence-corrected chi connectivity index (χ0v) is 34.2. The van der Waals surface area contributed by atoms with Gasteiger partial charge in [0.15, 0.2) is 0 Å². The van der Waals surface area contributed by atoms with Crippen molar-refractivity contribution < 1.29 is 4.42 Å². The van der Waals surface area contributed by atoms with Crippen LogP contribution >= 0.6 is 0 Å². The SMILES string of the molecule is CC.CC.CC.CC.CC.CC.CC.CC.CC.CC.c1ccc(N(c2ccccc2)c2cccc3oc4ccccc4c23)cc1. The molecular weight excluding hydrogens is 558 g/mol. The molecule has 5 aromatic rings. The summed E-state index contributed by atoms with van der Waals surface area (Å²) in [6.45, 7) is 40.0. The predicted molar refractivity (Wildman–Crippen MR) is 222 cm³/mol. The monoisotopic (exact) mass is 636 g/mol. The van der Waals surface area contributed by atoms with Crippen LogP contribution in [-0.2, 0) is 0 Å². The van der Waals surface area contributed by atoms with Crippen LogP contribution in [0.3, 0.4) is 0 Å². The maximum absolute atomic E-state index is 6.09. The summed E-state index contributed by atoms with van der Waals surface area (Å²) in [5.74, 6) is 0. The molecule has 0 radical (unpaired) electrons. The molecule has 4 aromatic carbocycles. The number of hydrogen-bond donors (Lipinski definition) is 0. The topological polar surface area (TPSA) is 16.4 Å². The third-order valence-electron chi connectivity index (χ3n) is 4.65. The standard InChI is InChI=1S/C24H17NO.10C2H6/c1-3-10-18(11-4-1)25(19-12-5-2-6-13-19)21-15-9-17-23-24(21)20-14-7-8-16-22(20)26-23;10*1-2/h1-17H;10*1-2H3. The van der Waals surface area contributed by atoms with Crippen molar-refractivity contribution in [3.05, 3.63) is 103 Å². The highest BCUT2D eigenvalue weighted by atomic mass is 16.3. The van der Waals surface area contributed by atoms with Crippen molar-refractivity contribution in [3.8, 4) is 0 Å². The molecule has 0 unspecified atom stereocenters. The third kappa shape index (κ3) is 19.1. The van der Waals surface area contributed by atoms with Crippen LogP contribution in [-0.4, -0.2) is 0 Å². The van der Waals surface area contributed by atoms with Crippen LogP contribution in [0.2, 0.25) is 0 Å². The Morgan fingerprint density at radius 3 is 1.04 bits per heavy atom. The van der Waals surface area contributed by atoms with Crippen LogP contribution in [0.4, 0.5) is 17.1 Å². The van der Waals surface area contributed by atoms with Crippen molar-refractivity contribution in [1.82, 2.24) is 0 Å². The van der Waals surface area contributed by atoms with Crippen LogP contribution < -0.4 is 4.90 Å². The number of rotatable bonds is 3. The van der Waals surface area contributed by atoms with Crippen LogP contribution in [0.1, 0.15) is 138 Å². The minimum absolute atomic E-state index is 0.903. The van der Waals surface area contributed by atoms with Gasteiger partial charge in [0.2, 0.25) is 0 Å². The molecule has 2 heteroatoms. The number of benzene rings is 4. The van der Waals surface area contributed by atoms with Crippen molar-refractivity contribution in [2.24, 2.45) is 0 Å². The van der Waals surface area contributed by atoms with E-state index < -0.39 is 0 Å². The Balaban J connectivity index is -0.000000173. The van der Waals surface area contributed by atoms with E-state index in [2.05, 4.69) is 77.7 Å². The van der Waals surface area contributed by atoms with E-state index in [0.29, 0.717) is 0 Å². The summed E-state index contributed by atoms with van der Waals surface area (Å²) in [5, 5.41) is 2.27. The molecule has 0 aliphatic heterocycles. The average Bonchev–Trinajstić information content (AvgIpc) is 3.60. The molecular formula is C44H77NO. The minimum atomic E-state index is 0.903. The van der Waals surface area contributed by atoms with Crippen molar-refractivity contribution in [1.29, 1.82) is 0 Å². The molecule has 0 amide bonds. The van der Waals surface area contributed by atoms with E-state index in [1.807, 2.05) is 169 Å². The number of para-hydroxylation sites is 3. The number of hydrogen-bond acceptors (Lipinski definition) is 2. The van der Waals surface area contributed by atoms with Gasteiger partial charge in [-0.1, -0.05) is 199 Å². The lowest BCUT2D eigenvalue weighted by Gasteiger charge is -2.26. The van der Waals surface area contributed by atoms with E-state index in [-0.39, 0.29) is 0 Å². The highest BCUT2D eigenvalue weighted by Crippen LogP contribution is 2.42. The number of anilines is 3. The lowest BCUT2D eigenvalue weighted by atomic mass is 10.1. The molecule has 1 heterocycles. The van der Waals surface area contributed by atoms with Crippen molar-refractivity contribution >= 4 is 39.0 Å². The molecule has 1 aromatic heterocycles. The second-order valence-corrected chi connectivity index (χ2v) is 6.26. The summed E-state index contributed by atoms with van der Waals surface area (Å²) in [7, 11) is 0. The van der Waals surface area contributed by atoms with E-state index in [1.165, 1.54) is 0 Å². The van der Waals surface area contributed by atoms with Gasteiger partial charge in [0.1, 0.15) is 11.2 Å². The second kappa shape index (κ2) is 45.9. The van der Waals surface area contributed by atoms with Crippen LogP contribution in [0, 0.1) is 0 Å². The third-order valence-corrected chi connectivity index (χ3v) is 4.65. The normalized spacial score (nSPS) is 7.57. The maximum atomic E-state index is 6.09. The zero-order chi connectivity index (χ0) is 37.3. The van der Waals surface area contributed by atoms with Gasteiger partial charge < -0.3 is 9.32 Å². The summed E-state index contributed by atoms with van der Waals surface area (Å²) in [6.07, 6.45) is 0. The maximum Gasteiger partial charge on any atom is 0.137 e. The summed E-state index contributed by atoms with van der Waals surface area (Å²) >= 11 is 0. The molecule has 0 atom stereocenters. The Morgan fingerprint density at radius 2 is 0.652 bits per heavy atom. The van der Waals surface area contributed by atoms with Crippen LogP contribution in [0.5, 0.6) is 0 Å². The second-order valence-electron chi connectivity index (χ2n) is 6.26. The van der Waals surface area contributed by atoms with Crippen LogP contribution in [0.15, 0.2) is 108 Å². The summed E-state index contributed by atoms with van der Waals surface area (Å²) in [5.41, 5.74) is 5.18. The van der Waals surface area contributed by atoms with E-state index in [0.717, 1.165) is 39.0 Å². The fraction of sp³-hybridized carbons (Fsp3) is 0.455. The average molecular weight is 636 g/mol. The van der Waals surface area contributed by atoms with Gasteiger partial charge in [-0.15, -0.1) is 0 Å². The molecule has 0 fully saturated rings. The smallest absolute Gasteiger partial charge is 0.137 e. The van der Waals surface area contributed by atoms with Crippen molar-refractivity contribution in [2.45, 2.75) is 138 Å². The number of nitrogens with zero attached hydrogens (tertiary/aromatic N) is 1. The molecule has 264 valence electrons. The predicted octanol–water partition coefficient (Wildman–Crippen LogP) is 17.3. The first kappa shape index (κ1) is 54.9. The first-order chi connectivity index (χ1) is 22.9. The molecule has 2 nitrogen and oxygen atoms in total. The zero-order valence-electron chi connectivity index (χ0n) is 34.2. The molecule has 0 aliphatic carbocycles. The van der Waals surface area contributed by atoms with Gasteiger partial charge in [0, 0.05) is 16.8 Å². The van der Waals surface area contributed by atoms with Gasteiger partial charge in [-0.05, 0) is 42.5 Å². The largest absolute Gasteiger partial charge is 0.456 e. The molecule has 0 saturated heterocycles. The fourth-order valence-electron chi connectivity index (χ4n) is 3.52. The van der Waals surface area contributed by atoms with Gasteiger partial charge in [-0.3, -0.25) is 0 Å². The van der Waals surface area contributed by atoms with Crippen molar-refractivity contribution in [3.63, 3.8) is 0 Å². The highest BCUT2D eigenvalue weighted by Gasteiger charge is 2.18. The number of fused-ring (bicyclic) bond motifs is 3. The van der Waals surface area contributed by atoms with E-state index >= 15 is 0 Å². The molecule has 46 heavy (non-hydrogen) atoms. The van der Waals surface area contributed by atoms with Gasteiger partial charge >= 0.3 is 0 Å². The lowest BCUT2D eigenvalue weighted by molar-refractivity contribution is 0.669. The van der Waals surface area contributed by atoms with Crippen molar-refractivity contribution in [2.75, 3.05) is 4.90 Å². The Hall–Kier alpha value is -3.52. The van der Waals surface area contributed by atoms with Gasteiger partial charge in [-0.2, -0.15) is 0 Å². The summed E-state index contributed by atoms with van der Waals surface area (Å²) in [4.78, 5) is 2.28. The lowest BCUT2D eigenvalue weighted by Crippen LogP contribution is -2.09. The first-order valence-electron chi connectivity index (χ1n) is 18.7. The first-order valence-corrected chi connectivity index (χ1v) is 18.7. The minimum Gasteiger partial charge on any atom is -0.456 e. The Morgan fingerprint density at radius 1 is 0.326 bits per heavy atom. The quantitative estimate of drug-likeness (QED) is 0.196. The molecule has 0 bridgehead atoms. The molecule has 5 rings (SSSR count). The highest BCUT2D eigenvalue weighted by molar-refractivity contribution is 6.13. The molecule has 0 saturated carbocycles. The Labute approximate surface area is 289 Å². The molecule has 0 aliphatic rings. The Kier molecular flexibility index (Phi) is 54.8. The molecule has 0 N–H and O–H groups in total. The van der Waals surface area contributed by atoms with E-state index in [4.69, 9.17) is 4.42 Å².